The summed E-state index contributed by atoms with van der Waals surface area (Å²) in [6.07, 6.45) is 3.18. The number of carboxylic acid groups (broad SMARTS) is 1. The molecule has 0 unspecified atom stereocenters. The minimum atomic E-state index is -0.800. The van der Waals surface area contributed by atoms with Gasteiger partial charge in [-0.05, 0) is 12.3 Å². The van der Waals surface area contributed by atoms with Crippen molar-refractivity contribution in [2.24, 2.45) is 11.7 Å². The molecule has 0 saturated carbocycles. The Balaban J connectivity index is 3.53. The third-order valence-corrected chi connectivity index (χ3v) is 1.92. The molecule has 0 spiro atoms. The van der Waals surface area contributed by atoms with Crippen molar-refractivity contribution in [3.8, 4) is 0 Å². The number of rotatable bonds is 6. The first-order valence-corrected chi connectivity index (χ1v) is 4.53. The molecule has 0 heterocycles. The van der Waals surface area contributed by atoms with Crippen molar-refractivity contribution in [3.63, 3.8) is 0 Å². The average molecular weight is 173 g/mol. The van der Waals surface area contributed by atoms with Crippen LogP contribution in [0.4, 0.5) is 0 Å². The molecule has 0 radical (unpaired) electrons. The standard InChI is InChI=1S/C9H19NO2/c1-3-4-7(2)5-8(10)6-9(11)12/h7-8H,3-6,10H2,1-2H3,(H,11,12)/t7-,8-/m0/s1. The zero-order valence-electron chi connectivity index (χ0n) is 7.92. The van der Waals surface area contributed by atoms with Crippen molar-refractivity contribution in [1.82, 2.24) is 0 Å². The third kappa shape index (κ3) is 6.16. The lowest BCUT2D eigenvalue weighted by Crippen LogP contribution is -2.25. The first kappa shape index (κ1) is 11.4. The van der Waals surface area contributed by atoms with Gasteiger partial charge in [-0.1, -0.05) is 26.7 Å². The number of carboxylic acids is 1. The Morgan fingerprint density at radius 3 is 2.58 bits per heavy atom. The van der Waals surface area contributed by atoms with E-state index >= 15 is 0 Å². The summed E-state index contributed by atoms with van der Waals surface area (Å²) >= 11 is 0. The Kier molecular flexibility index (Phi) is 5.72. The fourth-order valence-electron chi connectivity index (χ4n) is 1.44. The minimum Gasteiger partial charge on any atom is -0.481 e. The summed E-state index contributed by atoms with van der Waals surface area (Å²) in [5, 5.41) is 8.45. The maximum absolute atomic E-state index is 10.3. The largest absolute Gasteiger partial charge is 0.481 e. The minimum absolute atomic E-state index is 0.0913. The molecule has 12 heavy (non-hydrogen) atoms. The van der Waals surface area contributed by atoms with E-state index in [2.05, 4.69) is 13.8 Å². The molecule has 0 aliphatic rings. The van der Waals surface area contributed by atoms with Gasteiger partial charge < -0.3 is 10.8 Å². The second kappa shape index (κ2) is 6.00. The summed E-state index contributed by atoms with van der Waals surface area (Å²) in [4.78, 5) is 10.3. The van der Waals surface area contributed by atoms with Crippen LogP contribution >= 0.6 is 0 Å². The van der Waals surface area contributed by atoms with Crippen LogP contribution in [-0.4, -0.2) is 17.1 Å². The summed E-state index contributed by atoms with van der Waals surface area (Å²) in [5.41, 5.74) is 5.62. The van der Waals surface area contributed by atoms with Crippen LogP contribution in [0.15, 0.2) is 0 Å². The zero-order chi connectivity index (χ0) is 9.56. The van der Waals surface area contributed by atoms with E-state index in [1.807, 2.05) is 0 Å². The Morgan fingerprint density at radius 1 is 1.58 bits per heavy atom. The van der Waals surface area contributed by atoms with Crippen molar-refractivity contribution in [2.45, 2.75) is 45.6 Å². The predicted octanol–water partition coefficient (Wildman–Crippen LogP) is 1.61. The van der Waals surface area contributed by atoms with Crippen LogP contribution in [0, 0.1) is 5.92 Å². The SMILES string of the molecule is CCC[C@H](C)C[C@H](N)CC(=O)O. The van der Waals surface area contributed by atoms with Crippen molar-refractivity contribution in [3.05, 3.63) is 0 Å². The van der Waals surface area contributed by atoms with E-state index in [4.69, 9.17) is 10.8 Å². The van der Waals surface area contributed by atoms with Gasteiger partial charge >= 0.3 is 5.97 Å². The van der Waals surface area contributed by atoms with Crippen LogP contribution < -0.4 is 5.73 Å². The molecule has 0 aromatic carbocycles. The lowest BCUT2D eigenvalue weighted by molar-refractivity contribution is -0.137. The number of carbonyl (C=O) groups is 1. The Bertz CT molecular complexity index is 136. The molecule has 0 aliphatic carbocycles. The molecule has 0 rings (SSSR count). The summed E-state index contributed by atoms with van der Waals surface area (Å²) in [6.45, 7) is 4.24. The molecular formula is C9H19NO2. The van der Waals surface area contributed by atoms with Crippen molar-refractivity contribution in [2.75, 3.05) is 0 Å². The maximum atomic E-state index is 10.3. The summed E-state index contributed by atoms with van der Waals surface area (Å²) in [7, 11) is 0. The van der Waals surface area contributed by atoms with E-state index in [1.165, 1.54) is 0 Å². The highest BCUT2D eigenvalue weighted by atomic mass is 16.4. The van der Waals surface area contributed by atoms with Crippen LogP contribution in [0.25, 0.3) is 0 Å². The van der Waals surface area contributed by atoms with Crippen LogP contribution in [0.3, 0.4) is 0 Å². The highest BCUT2D eigenvalue weighted by Gasteiger charge is 2.11. The molecule has 0 bridgehead atoms. The maximum Gasteiger partial charge on any atom is 0.304 e. The Labute approximate surface area is 74.0 Å². The first-order chi connectivity index (χ1) is 5.56. The molecule has 0 fully saturated rings. The van der Waals surface area contributed by atoms with Gasteiger partial charge in [-0.15, -0.1) is 0 Å². The molecule has 0 aromatic heterocycles. The Morgan fingerprint density at radius 2 is 2.17 bits per heavy atom. The zero-order valence-corrected chi connectivity index (χ0v) is 7.92. The average Bonchev–Trinajstić information content (AvgIpc) is 1.84. The first-order valence-electron chi connectivity index (χ1n) is 4.53. The molecule has 0 saturated heterocycles. The van der Waals surface area contributed by atoms with Crippen LogP contribution in [-0.2, 0) is 4.79 Å². The van der Waals surface area contributed by atoms with Gasteiger partial charge in [-0.3, -0.25) is 4.79 Å². The lowest BCUT2D eigenvalue weighted by Gasteiger charge is -2.14. The third-order valence-electron chi connectivity index (χ3n) is 1.92. The normalized spacial score (nSPS) is 15.6. The van der Waals surface area contributed by atoms with E-state index in [1.54, 1.807) is 0 Å². The van der Waals surface area contributed by atoms with Gasteiger partial charge in [-0.25, -0.2) is 0 Å². The summed E-state index contributed by atoms with van der Waals surface area (Å²) < 4.78 is 0. The number of hydrogen-bond donors (Lipinski definition) is 2. The topological polar surface area (TPSA) is 63.3 Å². The van der Waals surface area contributed by atoms with Gasteiger partial charge in [0.15, 0.2) is 0 Å². The molecule has 0 aromatic rings. The molecule has 2 atom stereocenters. The smallest absolute Gasteiger partial charge is 0.304 e. The van der Waals surface area contributed by atoms with Crippen molar-refractivity contribution < 1.29 is 9.90 Å². The monoisotopic (exact) mass is 173 g/mol. The highest BCUT2D eigenvalue weighted by molar-refractivity contribution is 5.67. The molecule has 3 N–H and O–H groups in total. The molecule has 0 aliphatic heterocycles. The van der Waals surface area contributed by atoms with E-state index in [-0.39, 0.29) is 12.5 Å². The Hall–Kier alpha value is -0.570. The molecule has 3 nitrogen and oxygen atoms in total. The van der Waals surface area contributed by atoms with Crippen LogP contribution in [0.1, 0.15) is 39.5 Å². The highest BCUT2D eigenvalue weighted by Crippen LogP contribution is 2.12. The van der Waals surface area contributed by atoms with Crippen molar-refractivity contribution in [1.29, 1.82) is 0 Å². The lowest BCUT2D eigenvalue weighted by atomic mass is 9.96. The molecule has 3 heteroatoms. The fourth-order valence-corrected chi connectivity index (χ4v) is 1.44. The molecule has 72 valence electrons. The van der Waals surface area contributed by atoms with E-state index < -0.39 is 5.97 Å². The van der Waals surface area contributed by atoms with Gasteiger partial charge in [0.25, 0.3) is 0 Å². The van der Waals surface area contributed by atoms with Crippen LogP contribution in [0.5, 0.6) is 0 Å². The van der Waals surface area contributed by atoms with E-state index in [0.717, 1.165) is 19.3 Å². The second-order valence-corrected chi connectivity index (χ2v) is 3.49. The van der Waals surface area contributed by atoms with Gasteiger partial charge in [-0.2, -0.15) is 0 Å². The van der Waals surface area contributed by atoms with E-state index in [9.17, 15) is 4.79 Å². The van der Waals surface area contributed by atoms with Gasteiger partial charge in [0, 0.05) is 6.04 Å². The van der Waals surface area contributed by atoms with E-state index in [0.29, 0.717) is 5.92 Å². The summed E-state index contributed by atoms with van der Waals surface area (Å²) in [6, 6.07) is -0.177. The molecule has 0 amide bonds. The van der Waals surface area contributed by atoms with Crippen molar-refractivity contribution >= 4 is 5.97 Å². The molecular weight excluding hydrogens is 154 g/mol. The second-order valence-electron chi connectivity index (χ2n) is 3.49. The summed E-state index contributed by atoms with van der Waals surface area (Å²) in [5.74, 6) is -0.254. The quantitative estimate of drug-likeness (QED) is 0.641. The van der Waals surface area contributed by atoms with Gasteiger partial charge in [0.2, 0.25) is 0 Å². The number of aliphatic carboxylic acids is 1. The van der Waals surface area contributed by atoms with Gasteiger partial charge in [0.1, 0.15) is 0 Å². The number of hydrogen-bond acceptors (Lipinski definition) is 2. The number of nitrogens with two attached hydrogens (primary N) is 1. The van der Waals surface area contributed by atoms with Gasteiger partial charge in [0.05, 0.1) is 6.42 Å². The predicted molar refractivity (Wildman–Crippen MR) is 48.9 cm³/mol. The van der Waals surface area contributed by atoms with Crippen LogP contribution in [0.2, 0.25) is 0 Å². The fraction of sp³-hybridized carbons (Fsp3) is 0.889.